The van der Waals surface area contributed by atoms with Gasteiger partial charge in [-0.05, 0) is 12.0 Å². The van der Waals surface area contributed by atoms with E-state index in [1.54, 1.807) is 5.38 Å². The second-order valence-corrected chi connectivity index (χ2v) is 5.89. The van der Waals surface area contributed by atoms with E-state index >= 15 is 0 Å². The zero-order chi connectivity index (χ0) is 15.9. The molecular formula is C16H19N3O2S. The number of amides is 2. The van der Waals surface area contributed by atoms with Gasteiger partial charge in [-0.3, -0.25) is 9.59 Å². The number of carbonyl (C=O) groups excluding carboxylic acids is 2. The smallest absolute Gasteiger partial charge is 0.233 e. The Morgan fingerprint density at radius 1 is 1.32 bits per heavy atom. The van der Waals surface area contributed by atoms with Crippen LogP contribution >= 0.6 is 11.3 Å². The molecule has 5 nitrogen and oxygen atoms in total. The standard InChI is InChI=1S/C16H19N3O2S/c1-2-6-13(11-7-4-3-5-8-11)15(21)19-16-18-12(10-22-16)9-14(17)20/h3-5,7-8,10,13H,2,6,9H2,1H3,(H2,17,20)(H,18,19,21). The maximum absolute atomic E-state index is 12.5. The van der Waals surface area contributed by atoms with Gasteiger partial charge in [-0.2, -0.15) is 0 Å². The first-order valence-corrected chi connectivity index (χ1v) is 8.06. The van der Waals surface area contributed by atoms with Crippen molar-refractivity contribution in [2.45, 2.75) is 32.1 Å². The van der Waals surface area contributed by atoms with Crippen molar-refractivity contribution in [1.29, 1.82) is 0 Å². The molecule has 1 heterocycles. The summed E-state index contributed by atoms with van der Waals surface area (Å²) in [7, 11) is 0. The summed E-state index contributed by atoms with van der Waals surface area (Å²) < 4.78 is 0. The molecule has 1 aromatic carbocycles. The molecule has 6 heteroatoms. The van der Waals surface area contributed by atoms with Crippen molar-refractivity contribution >= 4 is 28.3 Å². The van der Waals surface area contributed by atoms with Gasteiger partial charge in [0.2, 0.25) is 11.8 Å². The monoisotopic (exact) mass is 317 g/mol. The summed E-state index contributed by atoms with van der Waals surface area (Å²) in [5.41, 5.74) is 6.72. The number of rotatable bonds is 7. The van der Waals surface area contributed by atoms with E-state index in [0.717, 1.165) is 18.4 Å². The Labute approximate surface area is 133 Å². The van der Waals surface area contributed by atoms with Gasteiger partial charge in [0.25, 0.3) is 0 Å². The summed E-state index contributed by atoms with van der Waals surface area (Å²) in [4.78, 5) is 27.6. The minimum Gasteiger partial charge on any atom is -0.369 e. The van der Waals surface area contributed by atoms with E-state index in [0.29, 0.717) is 10.8 Å². The fourth-order valence-corrected chi connectivity index (χ4v) is 2.95. The van der Waals surface area contributed by atoms with Crippen LogP contribution in [0.4, 0.5) is 5.13 Å². The number of nitrogens with one attached hydrogen (secondary N) is 1. The number of primary amides is 1. The molecule has 0 aliphatic carbocycles. The van der Waals surface area contributed by atoms with Crippen molar-refractivity contribution in [3.8, 4) is 0 Å². The van der Waals surface area contributed by atoms with E-state index in [-0.39, 0.29) is 18.2 Å². The zero-order valence-electron chi connectivity index (χ0n) is 12.4. The molecule has 0 saturated carbocycles. The molecule has 2 amide bonds. The molecule has 22 heavy (non-hydrogen) atoms. The molecule has 0 fully saturated rings. The lowest BCUT2D eigenvalue weighted by molar-refractivity contribution is -0.118. The Bertz CT molecular complexity index is 640. The third kappa shape index (κ3) is 4.39. The van der Waals surface area contributed by atoms with Gasteiger partial charge in [-0.15, -0.1) is 11.3 Å². The summed E-state index contributed by atoms with van der Waals surface area (Å²) >= 11 is 1.30. The summed E-state index contributed by atoms with van der Waals surface area (Å²) in [5, 5.41) is 5.07. The first kappa shape index (κ1) is 16.2. The van der Waals surface area contributed by atoms with Gasteiger partial charge in [0.15, 0.2) is 5.13 Å². The fraction of sp³-hybridized carbons (Fsp3) is 0.312. The lowest BCUT2D eigenvalue weighted by Gasteiger charge is -2.15. The number of nitrogens with two attached hydrogens (primary N) is 1. The topological polar surface area (TPSA) is 85.1 Å². The molecule has 0 saturated heterocycles. The maximum Gasteiger partial charge on any atom is 0.233 e. The van der Waals surface area contributed by atoms with E-state index in [1.807, 2.05) is 30.3 Å². The summed E-state index contributed by atoms with van der Waals surface area (Å²) in [5.74, 6) is -0.709. The second-order valence-electron chi connectivity index (χ2n) is 5.03. The van der Waals surface area contributed by atoms with Crippen molar-refractivity contribution in [2.24, 2.45) is 5.73 Å². The molecule has 0 bridgehead atoms. The van der Waals surface area contributed by atoms with E-state index in [2.05, 4.69) is 17.2 Å². The number of anilines is 1. The molecule has 2 aromatic rings. The molecule has 116 valence electrons. The van der Waals surface area contributed by atoms with Crippen LogP contribution in [0.1, 0.15) is 36.9 Å². The van der Waals surface area contributed by atoms with E-state index in [1.165, 1.54) is 11.3 Å². The minimum atomic E-state index is -0.434. The number of benzene rings is 1. The average molecular weight is 317 g/mol. The van der Waals surface area contributed by atoms with E-state index in [9.17, 15) is 9.59 Å². The van der Waals surface area contributed by atoms with Gasteiger partial charge >= 0.3 is 0 Å². The van der Waals surface area contributed by atoms with Gasteiger partial charge in [0, 0.05) is 5.38 Å². The highest BCUT2D eigenvalue weighted by atomic mass is 32.1. The highest BCUT2D eigenvalue weighted by molar-refractivity contribution is 7.13. The Hall–Kier alpha value is -2.21. The van der Waals surface area contributed by atoms with Crippen molar-refractivity contribution in [3.63, 3.8) is 0 Å². The summed E-state index contributed by atoms with van der Waals surface area (Å²) in [6.45, 7) is 2.05. The van der Waals surface area contributed by atoms with E-state index in [4.69, 9.17) is 5.73 Å². The van der Waals surface area contributed by atoms with Crippen LogP contribution in [0, 0.1) is 0 Å². The van der Waals surface area contributed by atoms with Crippen molar-refractivity contribution in [2.75, 3.05) is 5.32 Å². The van der Waals surface area contributed by atoms with Crippen LogP contribution in [-0.2, 0) is 16.0 Å². The van der Waals surface area contributed by atoms with Crippen LogP contribution < -0.4 is 11.1 Å². The number of hydrogen-bond acceptors (Lipinski definition) is 4. The highest BCUT2D eigenvalue weighted by Gasteiger charge is 2.20. The molecule has 0 radical (unpaired) electrons. The third-order valence-electron chi connectivity index (χ3n) is 3.23. The molecular weight excluding hydrogens is 298 g/mol. The van der Waals surface area contributed by atoms with Gasteiger partial charge in [-0.25, -0.2) is 4.98 Å². The average Bonchev–Trinajstić information content (AvgIpc) is 2.91. The number of thiazole rings is 1. The summed E-state index contributed by atoms with van der Waals surface area (Å²) in [6, 6.07) is 9.71. The van der Waals surface area contributed by atoms with Gasteiger partial charge in [0.05, 0.1) is 18.0 Å². The predicted molar refractivity (Wildman–Crippen MR) is 87.7 cm³/mol. The van der Waals surface area contributed by atoms with Crippen LogP contribution in [0.15, 0.2) is 35.7 Å². The van der Waals surface area contributed by atoms with Gasteiger partial charge in [-0.1, -0.05) is 43.7 Å². The summed E-state index contributed by atoms with van der Waals surface area (Å²) in [6.07, 6.45) is 1.77. The Morgan fingerprint density at radius 3 is 2.68 bits per heavy atom. The SMILES string of the molecule is CCCC(C(=O)Nc1nc(CC(N)=O)cs1)c1ccccc1. The van der Waals surface area contributed by atoms with Crippen LogP contribution in [0.2, 0.25) is 0 Å². The number of nitrogens with zero attached hydrogens (tertiary/aromatic N) is 1. The predicted octanol–water partition coefficient (Wildman–Crippen LogP) is 2.69. The molecule has 1 aromatic heterocycles. The van der Waals surface area contributed by atoms with Crippen molar-refractivity contribution < 1.29 is 9.59 Å². The highest BCUT2D eigenvalue weighted by Crippen LogP contribution is 2.24. The largest absolute Gasteiger partial charge is 0.369 e. The quantitative estimate of drug-likeness (QED) is 0.823. The molecule has 0 spiro atoms. The molecule has 2 rings (SSSR count). The van der Waals surface area contributed by atoms with Crippen LogP contribution in [-0.4, -0.2) is 16.8 Å². The lowest BCUT2D eigenvalue weighted by atomic mass is 9.94. The second kappa shape index (κ2) is 7.70. The fourth-order valence-electron chi connectivity index (χ4n) is 2.24. The Balaban J connectivity index is 2.08. The molecule has 1 unspecified atom stereocenters. The minimum absolute atomic E-state index is 0.0759. The van der Waals surface area contributed by atoms with Crippen LogP contribution in [0.3, 0.4) is 0 Å². The zero-order valence-corrected chi connectivity index (χ0v) is 13.2. The Kier molecular flexibility index (Phi) is 5.66. The molecule has 3 N–H and O–H groups in total. The van der Waals surface area contributed by atoms with Crippen molar-refractivity contribution in [3.05, 3.63) is 47.0 Å². The Morgan fingerprint density at radius 2 is 2.05 bits per heavy atom. The van der Waals surface area contributed by atoms with Gasteiger partial charge < -0.3 is 11.1 Å². The molecule has 0 aliphatic heterocycles. The number of aromatic nitrogens is 1. The van der Waals surface area contributed by atoms with E-state index < -0.39 is 5.91 Å². The third-order valence-corrected chi connectivity index (χ3v) is 4.04. The van der Waals surface area contributed by atoms with Gasteiger partial charge in [0.1, 0.15) is 0 Å². The van der Waals surface area contributed by atoms with Crippen LogP contribution in [0.5, 0.6) is 0 Å². The number of carbonyl (C=O) groups is 2. The normalized spacial score (nSPS) is 11.9. The molecule has 0 aliphatic rings. The maximum atomic E-state index is 12.5. The number of hydrogen-bond donors (Lipinski definition) is 2. The van der Waals surface area contributed by atoms with Crippen molar-refractivity contribution in [1.82, 2.24) is 4.98 Å². The first-order chi connectivity index (χ1) is 10.6. The first-order valence-electron chi connectivity index (χ1n) is 7.18. The van der Waals surface area contributed by atoms with Crippen LogP contribution in [0.25, 0.3) is 0 Å². The molecule has 1 atom stereocenters. The lowest BCUT2D eigenvalue weighted by Crippen LogP contribution is -2.21.